The van der Waals surface area contributed by atoms with Crippen LogP contribution in [0.25, 0.3) is 10.9 Å². The molecule has 0 saturated carbocycles. The van der Waals surface area contributed by atoms with Crippen molar-refractivity contribution in [2.24, 2.45) is 0 Å². The third kappa shape index (κ3) is 5.20. The van der Waals surface area contributed by atoms with E-state index in [0.29, 0.717) is 6.42 Å². The highest BCUT2D eigenvalue weighted by molar-refractivity contribution is 7.10. The molecule has 1 aromatic carbocycles. The van der Waals surface area contributed by atoms with Crippen LogP contribution < -0.4 is 10.2 Å². The number of fused-ring (bicyclic) bond motifs is 1. The molecule has 2 aliphatic heterocycles. The molecule has 5 rings (SSSR count). The smallest absolute Gasteiger partial charge is 0.226 e. The summed E-state index contributed by atoms with van der Waals surface area (Å²) in [4.78, 5) is 28.4. The van der Waals surface area contributed by atoms with E-state index in [-0.39, 0.29) is 5.91 Å². The number of benzene rings is 1. The van der Waals surface area contributed by atoms with Gasteiger partial charge in [0.05, 0.1) is 11.2 Å². The average Bonchev–Trinajstić information content (AvgIpc) is 3.50. The number of thiophene rings is 1. The number of hydrogen-bond donors (Lipinski definition) is 1. The second kappa shape index (κ2) is 9.77. The Bertz CT molecular complexity index is 1130. The lowest BCUT2D eigenvalue weighted by Crippen LogP contribution is -2.44. The van der Waals surface area contributed by atoms with Gasteiger partial charge in [-0.2, -0.15) is 0 Å². The largest absolute Gasteiger partial charge is 0.341 e. The zero-order valence-electron chi connectivity index (χ0n) is 19.6. The Morgan fingerprint density at radius 2 is 1.88 bits per heavy atom. The van der Waals surface area contributed by atoms with Gasteiger partial charge in [0.15, 0.2) is 0 Å². The first-order valence-corrected chi connectivity index (χ1v) is 13.0. The number of anilines is 2. The maximum absolute atomic E-state index is 12.4. The minimum absolute atomic E-state index is 0.0364. The first-order chi connectivity index (χ1) is 16.0. The average molecular weight is 464 g/mol. The molecule has 0 radical (unpaired) electrons. The van der Waals surface area contributed by atoms with Crippen LogP contribution in [-0.4, -0.2) is 53.0 Å². The zero-order chi connectivity index (χ0) is 22.8. The van der Waals surface area contributed by atoms with Crippen LogP contribution in [0, 0.1) is 13.8 Å². The Labute approximate surface area is 200 Å². The van der Waals surface area contributed by atoms with Crippen molar-refractivity contribution >= 4 is 39.8 Å². The van der Waals surface area contributed by atoms with E-state index >= 15 is 0 Å². The van der Waals surface area contributed by atoms with Gasteiger partial charge in [-0.3, -0.25) is 4.79 Å². The summed E-state index contributed by atoms with van der Waals surface area (Å²) in [6.45, 7) is 8.70. The molecule has 1 N–H and O–H groups in total. The molecule has 6 nitrogen and oxygen atoms in total. The quantitative estimate of drug-likeness (QED) is 0.561. The summed E-state index contributed by atoms with van der Waals surface area (Å²) in [5.41, 5.74) is 3.93. The number of aryl methyl sites for hydroxylation is 3. The Kier molecular flexibility index (Phi) is 6.60. The number of piperidine rings is 1. The monoisotopic (exact) mass is 463 g/mol. The fraction of sp³-hybridized carbons (Fsp3) is 0.500. The van der Waals surface area contributed by atoms with Crippen LogP contribution in [-0.2, 0) is 11.2 Å². The first kappa shape index (κ1) is 22.3. The molecule has 1 amide bonds. The lowest BCUT2D eigenvalue weighted by atomic mass is 10.0. The lowest BCUT2D eigenvalue weighted by molar-refractivity contribution is -0.116. The van der Waals surface area contributed by atoms with Gasteiger partial charge < -0.3 is 15.1 Å². The van der Waals surface area contributed by atoms with Crippen molar-refractivity contribution in [1.82, 2.24) is 14.9 Å². The standard InChI is InChI=1S/C26H33N5OS/c1-18-15-20(17-33-18)5-8-25(32)28-21-6-7-24-23(16-21)19(2)27-26(29-24)31-13-9-22(10-14-31)30-11-3-4-12-30/h6-7,15-17,22H,3-5,8-14H2,1-2H3,(H,28,32). The fourth-order valence-corrected chi connectivity index (χ4v) is 5.88. The molecule has 2 saturated heterocycles. The highest BCUT2D eigenvalue weighted by atomic mass is 32.1. The predicted octanol–water partition coefficient (Wildman–Crippen LogP) is 4.94. The summed E-state index contributed by atoms with van der Waals surface area (Å²) in [7, 11) is 0. The summed E-state index contributed by atoms with van der Waals surface area (Å²) in [5, 5.41) is 6.17. The highest BCUT2D eigenvalue weighted by Crippen LogP contribution is 2.27. The number of aromatic nitrogens is 2. The number of nitrogens with zero attached hydrogens (tertiary/aromatic N) is 4. The van der Waals surface area contributed by atoms with Crippen molar-refractivity contribution in [1.29, 1.82) is 0 Å². The second-order valence-electron chi connectivity index (χ2n) is 9.42. The Morgan fingerprint density at radius 1 is 1.09 bits per heavy atom. The van der Waals surface area contributed by atoms with Crippen molar-refractivity contribution in [3.8, 4) is 0 Å². The van der Waals surface area contributed by atoms with Crippen molar-refractivity contribution < 1.29 is 4.79 Å². The molecule has 7 heteroatoms. The van der Waals surface area contributed by atoms with Crippen LogP contribution in [0.5, 0.6) is 0 Å². The van der Waals surface area contributed by atoms with Gasteiger partial charge in [0.2, 0.25) is 11.9 Å². The number of hydrogen-bond acceptors (Lipinski definition) is 6. The normalized spacial score (nSPS) is 17.7. The van der Waals surface area contributed by atoms with E-state index in [0.717, 1.165) is 53.8 Å². The van der Waals surface area contributed by atoms with Crippen LogP contribution in [0.3, 0.4) is 0 Å². The second-order valence-corrected chi connectivity index (χ2v) is 10.5. The third-order valence-corrected chi connectivity index (χ3v) is 7.90. The number of likely N-dealkylation sites (tertiary alicyclic amines) is 1. The van der Waals surface area contributed by atoms with Crippen molar-refractivity contribution in [2.75, 3.05) is 36.4 Å². The molecule has 3 aromatic rings. The summed E-state index contributed by atoms with van der Waals surface area (Å²) in [6, 6.07) is 8.83. The van der Waals surface area contributed by atoms with Crippen LogP contribution in [0.2, 0.25) is 0 Å². The van der Waals surface area contributed by atoms with Gasteiger partial charge in [-0.1, -0.05) is 0 Å². The fourth-order valence-electron chi connectivity index (χ4n) is 5.13. The SMILES string of the molecule is Cc1cc(CCC(=O)Nc2ccc3nc(N4CCC(N5CCCC5)CC4)nc(C)c3c2)cs1. The maximum atomic E-state index is 12.4. The lowest BCUT2D eigenvalue weighted by Gasteiger charge is -2.36. The Balaban J connectivity index is 1.22. The van der Waals surface area contributed by atoms with Crippen molar-refractivity contribution in [3.63, 3.8) is 0 Å². The van der Waals surface area contributed by atoms with E-state index in [4.69, 9.17) is 9.97 Å². The number of carbonyl (C=O) groups is 1. The molecular weight excluding hydrogens is 430 g/mol. The van der Waals surface area contributed by atoms with Gasteiger partial charge in [-0.05, 0) is 94.3 Å². The van der Waals surface area contributed by atoms with Crippen LogP contribution in [0.4, 0.5) is 11.6 Å². The van der Waals surface area contributed by atoms with Crippen LogP contribution >= 0.6 is 11.3 Å². The molecule has 2 aromatic heterocycles. The molecule has 0 atom stereocenters. The molecule has 0 bridgehead atoms. The molecule has 174 valence electrons. The maximum Gasteiger partial charge on any atom is 0.226 e. The minimum Gasteiger partial charge on any atom is -0.341 e. The van der Waals surface area contributed by atoms with E-state index in [2.05, 4.69) is 33.5 Å². The summed E-state index contributed by atoms with van der Waals surface area (Å²) < 4.78 is 0. The van der Waals surface area contributed by atoms with E-state index in [1.54, 1.807) is 11.3 Å². The van der Waals surface area contributed by atoms with Gasteiger partial charge in [-0.25, -0.2) is 9.97 Å². The van der Waals surface area contributed by atoms with Gasteiger partial charge in [0.25, 0.3) is 0 Å². The molecule has 0 unspecified atom stereocenters. The van der Waals surface area contributed by atoms with Crippen LogP contribution in [0.15, 0.2) is 29.6 Å². The number of carbonyl (C=O) groups excluding carboxylic acids is 1. The predicted molar refractivity (Wildman–Crippen MR) is 136 cm³/mol. The van der Waals surface area contributed by atoms with Gasteiger partial charge in [0, 0.05) is 41.5 Å². The topological polar surface area (TPSA) is 61.4 Å². The van der Waals surface area contributed by atoms with Crippen molar-refractivity contribution in [3.05, 3.63) is 45.8 Å². The van der Waals surface area contributed by atoms with E-state index < -0.39 is 0 Å². The first-order valence-electron chi connectivity index (χ1n) is 12.2. The van der Waals surface area contributed by atoms with E-state index in [1.165, 1.54) is 49.2 Å². The van der Waals surface area contributed by atoms with Gasteiger partial charge in [0.1, 0.15) is 0 Å². The summed E-state index contributed by atoms with van der Waals surface area (Å²) in [5.74, 6) is 0.872. The number of amides is 1. The molecule has 2 fully saturated rings. The molecule has 0 aliphatic carbocycles. The van der Waals surface area contributed by atoms with E-state index in [9.17, 15) is 4.79 Å². The third-order valence-electron chi connectivity index (χ3n) is 6.99. The summed E-state index contributed by atoms with van der Waals surface area (Å²) in [6.07, 6.45) is 6.33. The molecule has 33 heavy (non-hydrogen) atoms. The number of nitrogens with one attached hydrogen (secondary N) is 1. The van der Waals surface area contributed by atoms with Crippen LogP contribution in [0.1, 0.15) is 48.2 Å². The molecular formula is C26H33N5OS. The molecule has 0 spiro atoms. The molecule has 4 heterocycles. The molecule has 2 aliphatic rings. The highest BCUT2D eigenvalue weighted by Gasteiger charge is 2.27. The number of rotatable bonds is 6. The minimum atomic E-state index is 0.0364. The Morgan fingerprint density at radius 3 is 2.61 bits per heavy atom. The van der Waals surface area contributed by atoms with Gasteiger partial charge in [-0.15, -0.1) is 11.3 Å². The van der Waals surface area contributed by atoms with Crippen molar-refractivity contribution in [2.45, 2.75) is 58.4 Å². The Hall–Kier alpha value is -2.51. The van der Waals surface area contributed by atoms with E-state index in [1.807, 2.05) is 25.1 Å². The zero-order valence-corrected chi connectivity index (χ0v) is 20.5. The van der Waals surface area contributed by atoms with Gasteiger partial charge >= 0.3 is 0 Å². The summed E-state index contributed by atoms with van der Waals surface area (Å²) >= 11 is 1.73.